The van der Waals surface area contributed by atoms with Crippen LogP contribution in [0.2, 0.25) is 5.02 Å². The van der Waals surface area contributed by atoms with Gasteiger partial charge in [-0.15, -0.1) is 0 Å². The van der Waals surface area contributed by atoms with E-state index in [-0.39, 0.29) is 10.9 Å². The van der Waals surface area contributed by atoms with Crippen molar-refractivity contribution in [2.45, 2.75) is 17.9 Å². The first kappa shape index (κ1) is 17.3. The highest BCUT2D eigenvalue weighted by molar-refractivity contribution is 7.89. The Labute approximate surface area is 139 Å². The molecule has 2 aromatic carbocycles. The quantitative estimate of drug-likeness (QED) is 0.787. The van der Waals surface area contributed by atoms with E-state index < -0.39 is 16.1 Å². The molecule has 0 aromatic heterocycles. The second-order valence-corrected chi connectivity index (χ2v) is 6.88. The summed E-state index contributed by atoms with van der Waals surface area (Å²) >= 11 is 6.08. The highest BCUT2D eigenvalue weighted by Crippen LogP contribution is 2.22. The Balaban J connectivity index is 2.01. The predicted octanol–water partition coefficient (Wildman–Crippen LogP) is 2.87. The number of amides is 2. The third-order valence-electron chi connectivity index (χ3n) is 3.16. The number of urea groups is 1. The van der Waals surface area contributed by atoms with Gasteiger partial charge in [-0.25, -0.2) is 18.4 Å². The van der Waals surface area contributed by atoms with Gasteiger partial charge >= 0.3 is 6.03 Å². The molecule has 0 heterocycles. The molecule has 2 amide bonds. The maximum atomic E-state index is 12.0. The lowest BCUT2D eigenvalue weighted by atomic mass is 10.1. The van der Waals surface area contributed by atoms with Crippen molar-refractivity contribution in [1.29, 1.82) is 0 Å². The number of rotatable bonds is 4. The van der Waals surface area contributed by atoms with Gasteiger partial charge in [0.1, 0.15) is 0 Å². The number of carbonyl (C=O) groups excluding carboxylic acids is 1. The third kappa shape index (κ3) is 4.69. The number of primary sulfonamides is 1. The van der Waals surface area contributed by atoms with Crippen molar-refractivity contribution in [1.82, 2.24) is 5.32 Å². The van der Waals surface area contributed by atoms with Gasteiger partial charge in [0, 0.05) is 10.7 Å². The van der Waals surface area contributed by atoms with Crippen LogP contribution in [-0.2, 0) is 10.0 Å². The van der Waals surface area contributed by atoms with Crippen LogP contribution >= 0.6 is 11.6 Å². The average molecular weight is 354 g/mol. The largest absolute Gasteiger partial charge is 0.331 e. The van der Waals surface area contributed by atoms with Gasteiger partial charge in [-0.05, 0) is 42.8 Å². The van der Waals surface area contributed by atoms with Crippen molar-refractivity contribution in [3.05, 3.63) is 59.1 Å². The SMILES string of the molecule is CC(NC(=O)Nc1ccc(S(N)(=O)=O)cc1)c1ccccc1Cl. The molecule has 0 aliphatic carbocycles. The van der Waals surface area contributed by atoms with Gasteiger partial charge < -0.3 is 10.6 Å². The van der Waals surface area contributed by atoms with Crippen LogP contribution in [0.15, 0.2) is 53.4 Å². The summed E-state index contributed by atoms with van der Waals surface area (Å²) in [5, 5.41) is 10.9. The van der Waals surface area contributed by atoms with Crippen LogP contribution in [0.4, 0.5) is 10.5 Å². The Kier molecular flexibility index (Phi) is 5.25. The fourth-order valence-electron chi connectivity index (χ4n) is 2.00. The van der Waals surface area contributed by atoms with Crippen molar-refractivity contribution in [3.63, 3.8) is 0 Å². The molecule has 2 aromatic rings. The molecule has 1 atom stereocenters. The minimum atomic E-state index is -3.75. The van der Waals surface area contributed by atoms with Crippen molar-refractivity contribution in [2.75, 3.05) is 5.32 Å². The van der Waals surface area contributed by atoms with Gasteiger partial charge in [-0.3, -0.25) is 0 Å². The van der Waals surface area contributed by atoms with Crippen LogP contribution < -0.4 is 15.8 Å². The lowest BCUT2D eigenvalue weighted by Gasteiger charge is -2.16. The fraction of sp³-hybridized carbons (Fsp3) is 0.133. The van der Waals surface area contributed by atoms with Crippen molar-refractivity contribution >= 4 is 33.3 Å². The predicted molar refractivity (Wildman–Crippen MR) is 89.8 cm³/mol. The van der Waals surface area contributed by atoms with E-state index in [1.165, 1.54) is 24.3 Å². The normalized spacial score (nSPS) is 12.5. The van der Waals surface area contributed by atoms with Gasteiger partial charge in [-0.2, -0.15) is 0 Å². The minimum Gasteiger partial charge on any atom is -0.331 e. The van der Waals surface area contributed by atoms with Gasteiger partial charge in [0.15, 0.2) is 0 Å². The standard InChI is InChI=1S/C15H16ClN3O3S/c1-10(13-4-2-3-5-14(13)16)18-15(20)19-11-6-8-12(9-7-11)23(17,21)22/h2-10H,1H3,(H2,17,21,22)(H2,18,19,20). The number of hydrogen-bond acceptors (Lipinski definition) is 3. The number of sulfonamides is 1. The number of nitrogens with two attached hydrogens (primary N) is 1. The maximum absolute atomic E-state index is 12.0. The molecular weight excluding hydrogens is 338 g/mol. The molecule has 4 N–H and O–H groups in total. The monoisotopic (exact) mass is 353 g/mol. The van der Waals surface area contributed by atoms with Crippen molar-refractivity contribution in [3.8, 4) is 0 Å². The molecule has 8 heteroatoms. The van der Waals surface area contributed by atoms with Crippen LogP contribution in [0.3, 0.4) is 0 Å². The summed E-state index contributed by atoms with van der Waals surface area (Å²) in [6.07, 6.45) is 0. The van der Waals surface area contributed by atoms with Gasteiger partial charge in [0.25, 0.3) is 0 Å². The lowest BCUT2D eigenvalue weighted by molar-refractivity contribution is 0.249. The number of nitrogens with one attached hydrogen (secondary N) is 2. The molecule has 0 aliphatic rings. The highest BCUT2D eigenvalue weighted by Gasteiger charge is 2.13. The zero-order chi connectivity index (χ0) is 17.0. The average Bonchev–Trinajstić information content (AvgIpc) is 2.47. The first-order valence-corrected chi connectivity index (χ1v) is 8.64. The first-order chi connectivity index (χ1) is 10.8. The zero-order valence-electron chi connectivity index (χ0n) is 12.3. The Bertz CT molecular complexity index is 807. The molecule has 2 rings (SSSR count). The summed E-state index contributed by atoms with van der Waals surface area (Å²) in [5.41, 5.74) is 1.25. The summed E-state index contributed by atoms with van der Waals surface area (Å²) in [6, 6.07) is 12.1. The second-order valence-electron chi connectivity index (χ2n) is 4.91. The zero-order valence-corrected chi connectivity index (χ0v) is 13.9. The van der Waals surface area contributed by atoms with E-state index in [0.717, 1.165) is 5.56 Å². The maximum Gasteiger partial charge on any atom is 0.319 e. The smallest absolute Gasteiger partial charge is 0.319 e. The summed E-state index contributed by atoms with van der Waals surface area (Å²) < 4.78 is 22.3. The first-order valence-electron chi connectivity index (χ1n) is 6.72. The number of hydrogen-bond donors (Lipinski definition) is 3. The lowest BCUT2D eigenvalue weighted by Crippen LogP contribution is -2.31. The van der Waals surface area contributed by atoms with E-state index in [4.69, 9.17) is 16.7 Å². The molecule has 6 nitrogen and oxygen atoms in total. The van der Waals surface area contributed by atoms with Crippen LogP contribution in [0.25, 0.3) is 0 Å². The summed E-state index contributed by atoms with van der Waals surface area (Å²) in [6.45, 7) is 1.81. The number of carbonyl (C=O) groups is 1. The Morgan fingerprint density at radius 3 is 2.30 bits per heavy atom. The van der Waals surface area contributed by atoms with E-state index in [1.54, 1.807) is 6.07 Å². The van der Waals surface area contributed by atoms with Gasteiger partial charge in [0.2, 0.25) is 10.0 Å². The molecule has 1 unspecified atom stereocenters. The molecule has 0 spiro atoms. The number of benzene rings is 2. The van der Waals surface area contributed by atoms with Crippen LogP contribution in [-0.4, -0.2) is 14.4 Å². The Hall–Kier alpha value is -2.09. The van der Waals surface area contributed by atoms with E-state index in [2.05, 4.69) is 10.6 Å². The van der Waals surface area contributed by atoms with Crippen LogP contribution in [0.5, 0.6) is 0 Å². The summed E-state index contributed by atoms with van der Waals surface area (Å²) in [4.78, 5) is 12.0. The second kappa shape index (κ2) is 6.99. The van der Waals surface area contributed by atoms with E-state index in [1.807, 2.05) is 25.1 Å². The molecule has 0 saturated carbocycles. The topological polar surface area (TPSA) is 101 Å². The van der Waals surface area contributed by atoms with Crippen molar-refractivity contribution in [2.24, 2.45) is 5.14 Å². The van der Waals surface area contributed by atoms with E-state index in [9.17, 15) is 13.2 Å². The molecule has 23 heavy (non-hydrogen) atoms. The summed E-state index contributed by atoms with van der Waals surface area (Å²) in [5.74, 6) is 0. The van der Waals surface area contributed by atoms with Crippen LogP contribution in [0, 0.1) is 0 Å². The Morgan fingerprint density at radius 2 is 1.74 bits per heavy atom. The number of anilines is 1. The summed E-state index contributed by atoms with van der Waals surface area (Å²) in [7, 11) is -3.75. The Morgan fingerprint density at radius 1 is 1.13 bits per heavy atom. The van der Waals surface area contributed by atoms with Gasteiger partial charge in [-0.1, -0.05) is 29.8 Å². The molecule has 0 aliphatic heterocycles. The van der Waals surface area contributed by atoms with E-state index >= 15 is 0 Å². The molecular formula is C15H16ClN3O3S. The minimum absolute atomic E-state index is 0.0205. The van der Waals surface area contributed by atoms with Crippen LogP contribution in [0.1, 0.15) is 18.5 Å². The fourth-order valence-corrected chi connectivity index (χ4v) is 2.81. The molecule has 0 bridgehead atoms. The highest BCUT2D eigenvalue weighted by atomic mass is 35.5. The van der Waals surface area contributed by atoms with E-state index in [0.29, 0.717) is 10.7 Å². The molecule has 0 fully saturated rings. The molecule has 0 saturated heterocycles. The molecule has 122 valence electrons. The molecule has 0 radical (unpaired) electrons. The van der Waals surface area contributed by atoms with Crippen molar-refractivity contribution < 1.29 is 13.2 Å². The third-order valence-corrected chi connectivity index (χ3v) is 4.43. The van der Waals surface area contributed by atoms with Gasteiger partial charge in [0.05, 0.1) is 10.9 Å². The number of halogens is 1.